The van der Waals surface area contributed by atoms with Crippen LogP contribution in [0.25, 0.3) is 0 Å². The molecule has 1 unspecified atom stereocenters. The van der Waals surface area contributed by atoms with Crippen LogP contribution >= 0.6 is 0 Å². The van der Waals surface area contributed by atoms with Gasteiger partial charge in [-0.3, -0.25) is 4.79 Å². The van der Waals surface area contributed by atoms with Gasteiger partial charge in [0, 0.05) is 37.1 Å². The minimum atomic E-state index is -0.337. The smallest absolute Gasteiger partial charge is 0.246 e. The van der Waals surface area contributed by atoms with Gasteiger partial charge in [0.15, 0.2) is 5.96 Å². The Morgan fingerprint density at radius 1 is 1.18 bits per heavy atom. The lowest BCUT2D eigenvalue weighted by Crippen LogP contribution is -2.45. The standard InChI is InChI=1S/C21H26FN5O/c1-2-23-21(24-14-20(28)25-17-10-8-16(22)9-11-17)26-18-12-13-27(15-18)19-6-4-3-5-7-19/h3-11,18H,2,12-15H2,1H3,(H,25,28)(H2,23,24,26). The fourth-order valence-corrected chi connectivity index (χ4v) is 3.15. The molecule has 1 amide bonds. The largest absolute Gasteiger partial charge is 0.369 e. The maximum atomic E-state index is 12.9. The summed E-state index contributed by atoms with van der Waals surface area (Å²) in [6, 6.07) is 16.3. The highest BCUT2D eigenvalue weighted by Gasteiger charge is 2.23. The Hall–Kier alpha value is -3.09. The highest BCUT2D eigenvalue weighted by atomic mass is 19.1. The van der Waals surface area contributed by atoms with Crippen molar-refractivity contribution in [1.82, 2.24) is 10.6 Å². The zero-order chi connectivity index (χ0) is 19.8. The fourth-order valence-electron chi connectivity index (χ4n) is 3.15. The van der Waals surface area contributed by atoms with E-state index < -0.39 is 0 Å². The van der Waals surface area contributed by atoms with Gasteiger partial charge in [-0.15, -0.1) is 0 Å². The number of carbonyl (C=O) groups excluding carboxylic acids is 1. The first-order valence-electron chi connectivity index (χ1n) is 9.54. The van der Waals surface area contributed by atoms with Gasteiger partial charge in [-0.2, -0.15) is 0 Å². The average molecular weight is 383 g/mol. The molecule has 0 bridgehead atoms. The van der Waals surface area contributed by atoms with Gasteiger partial charge >= 0.3 is 0 Å². The summed E-state index contributed by atoms with van der Waals surface area (Å²) in [5.74, 6) is 0.0357. The molecular weight excluding hydrogens is 357 g/mol. The van der Waals surface area contributed by atoms with Gasteiger partial charge in [-0.1, -0.05) is 18.2 Å². The first-order chi connectivity index (χ1) is 13.6. The van der Waals surface area contributed by atoms with Gasteiger partial charge < -0.3 is 20.9 Å². The van der Waals surface area contributed by atoms with Gasteiger partial charge in [-0.05, 0) is 49.7 Å². The minimum Gasteiger partial charge on any atom is -0.369 e. The van der Waals surface area contributed by atoms with Crippen molar-refractivity contribution in [3.63, 3.8) is 0 Å². The number of benzene rings is 2. The summed E-state index contributed by atoms with van der Waals surface area (Å²) in [5.41, 5.74) is 1.77. The molecule has 6 nitrogen and oxygen atoms in total. The number of anilines is 2. The number of guanidine groups is 1. The summed E-state index contributed by atoms with van der Waals surface area (Å²) in [4.78, 5) is 18.8. The molecule has 2 aromatic carbocycles. The Labute approximate surface area is 164 Å². The van der Waals surface area contributed by atoms with Gasteiger partial charge in [0.2, 0.25) is 5.91 Å². The second kappa shape index (κ2) is 9.73. The SMILES string of the molecule is CCNC(=NCC(=O)Nc1ccc(F)cc1)NC1CCN(c2ccccc2)C1. The van der Waals surface area contributed by atoms with Crippen LogP contribution in [0.1, 0.15) is 13.3 Å². The summed E-state index contributed by atoms with van der Waals surface area (Å²) in [6.45, 7) is 4.55. The topological polar surface area (TPSA) is 68.8 Å². The van der Waals surface area contributed by atoms with Crippen molar-refractivity contribution >= 4 is 23.2 Å². The number of hydrogen-bond acceptors (Lipinski definition) is 3. The molecule has 1 fully saturated rings. The van der Waals surface area contributed by atoms with E-state index in [1.54, 1.807) is 0 Å². The Bertz CT molecular complexity index is 794. The fraction of sp³-hybridized carbons (Fsp3) is 0.333. The summed E-state index contributed by atoms with van der Waals surface area (Å²) in [7, 11) is 0. The molecule has 7 heteroatoms. The molecule has 28 heavy (non-hydrogen) atoms. The maximum absolute atomic E-state index is 12.9. The number of halogens is 1. The van der Waals surface area contributed by atoms with E-state index in [0.29, 0.717) is 18.2 Å². The average Bonchev–Trinajstić information content (AvgIpc) is 3.17. The first-order valence-corrected chi connectivity index (χ1v) is 9.54. The number of amides is 1. The maximum Gasteiger partial charge on any atom is 0.246 e. The second-order valence-electron chi connectivity index (χ2n) is 6.66. The number of carbonyl (C=O) groups is 1. The van der Waals surface area contributed by atoms with Crippen LogP contribution in [0.2, 0.25) is 0 Å². The zero-order valence-corrected chi connectivity index (χ0v) is 16.0. The number of nitrogens with zero attached hydrogens (tertiary/aromatic N) is 2. The molecular formula is C21H26FN5O. The van der Waals surface area contributed by atoms with Crippen molar-refractivity contribution < 1.29 is 9.18 Å². The van der Waals surface area contributed by atoms with E-state index in [1.807, 2.05) is 25.1 Å². The monoisotopic (exact) mass is 383 g/mol. The molecule has 0 radical (unpaired) electrons. The van der Waals surface area contributed by atoms with Crippen LogP contribution in [0.15, 0.2) is 59.6 Å². The van der Waals surface area contributed by atoms with Gasteiger partial charge in [0.25, 0.3) is 0 Å². The molecule has 3 N–H and O–H groups in total. The lowest BCUT2D eigenvalue weighted by Gasteiger charge is -2.20. The first kappa shape index (κ1) is 19.7. The Balaban J connectivity index is 1.52. The van der Waals surface area contributed by atoms with Crippen molar-refractivity contribution in [3.8, 4) is 0 Å². The lowest BCUT2D eigenvalue weighted by atomic mass is 10.3. The molecule has 1 aliphatic heterocycles. The summed E-state index contributed by atoms with van der Waals surface area (Å²) < 4.78 is 12.9. The van der Waals surface area contributed by atoms with Crippen LogP contribution in [-0.2, 0) is 4.79 Å². The third-order valence-electron chi connectivity index (χ3n) is 4.50. The molecule has 0 spiro atoms. The third kappa shape index (κ3) is 5.70. The molecule has 1 atom stereocenters. The van der Waals surface area contributed by atoms with Gasteiger partial charge in [0.05, 0.1) is 0 Å². The number of para-hydroxylation sites is 1. The molecule has 1 saturated heterocycles. The molecule has 148 valence electrons. The number of hydrogen-bond donors (Lipinski definition) is 3. The third-order valence-corrected chi connectivity index (χ3v) is 4.50. The number of rotatable bonds is 6. The number of aliphatic imine (C=N–C) groups is 1. The van der Waals surface area contributed by atoms with E-state index in [1.165, 1.54) is 30.0 Å². The molecule has 0 saturated carbocycles. The van der Waals surface area contributed by atoms with E-state index >= 15 is 0 Å². The van der Waals surface area contributed by atoms with Crippen LogP contribution in [0.5, 0.6) is 0 Å². The molecule has 1 heterocycles. The predicted molar refractivity (Wildman–Crippen MR) is 111 cm³/mol. The van der Waals surface area contributed by atoms with Crippen LogP contribution in [0.3, 0.4) is 0 Å². The van der Waals surface area contributed by atoms with Crippen LogP contribution in [0.4, 0.5) is 15.8 Å². The van der Waals surface area contributed by atoms with E-state index in [2.05, 4.69) is 38.0 Å². The quantitative estimate of drug-likeness (QED) is 0.530. The second-order valence-corrected chi connectivity index (χ2v) is 6.66. The molecule has 2 aromatic rings. The molecule has 0 aromatic heterocycles. The molecule has 0 aliphatic carbocycles. The highest BCUT2D eigenvalue weighted by Crippen LogP contribution is 2.19. The Kier molecular flexibility index (Phi) is 6.84. The molecule has 3 rings (SSSR count). The van der Waals surface area contributed by atoms with Crippen LogP contribution < -0.4 is 20.9 Å². The summed E-state index contributed by atoms with van der Waals surface area (Å²) in [6.07, 6.45) is 1.00. The van der Waals surface area contributed by atoms with Crippen LogP contribution in [-0.4, -0.2) is 44.1 Å². The highest BCUT2D eigenvalue weighted by molar-refractivity contribution is 5.94. The van der Waals surface area contributed by atoms with Crippen molar-refractivity contribution in [3.05, 3.63) is 60.4 Å². The van der Waals surface area contributed by atoms with E-state index in [-0.39, 0.29) is 24.3 Å². The van der Waals surface area contributed by atoms with Gasteiger partial charge in [0.1, 0.15) is 12.4 Å². The van der Waals surface area contributed by atoms with Gasteiger partial charge in [-0.25, -0.2) is 9.38 Å². The Morgan fingerprint density at radius 3 is 2.64 bits per heavy atom. The zero-order valence-electron chi connectivity index (χ0n) is 16.0. The van der Waals surface area contributed by atoms with E-state index in [4.69, 9.17) is 0 Å². The van der Waals surface area contributed by atoms with Crippen molar-refractivity contribution in [1.29, 1.82) is 0 Å². The lowest BCUT2D eigenvalue weighted by molar-refractivity contribution is -0.114. The summed E-state index contributed by atoms with van der Waals surface area (Å²) >= 11 is 0. The normalized spacial score (nSPS) is 16.7. The number of nitrogens with one attached hydrogen (secondary N) is 3. The van der Waals surface area contributed by atoms with Crippen molar-refractivity contribution in [2.24, 2.45) is 4.99 Å². The predicted octanol–water partition coefficient (Wildman–Crippen LogP) is 2.60. The van der Waals surface area contributed by atoms with E-state index in [9.17, 15) is 9.18 Å². The Morgan fingerprint density at radius 2 is 1.93 bits per heavy atom. The minimum absolute atomic E-state index is 0.0121. The summed E-state index contributed by atoms with van der Waals surface area (Å²) in [5, 5.41) is 9.30. The van der Waals surface area contributed by atoms with Crippen LogP contribution in [0, 0.1) is 5.82 Å². The van der Waals surface area contributed by atoms with Crippen molar-refractivity contribution in [2.45, 2.75) is 19.4 Å². The molecule has 1 aliphatic rings. The van der Waals surface area contributed by atoms with Crippen molar-refractivity contribution in [2.75, 3.05) is 36.4 Å². The van der Waals surface area contributed by atoms with E-state index in [0.717, 1.165) is 19.5 Å².